The van der Waals surface area contributed by atoms with Crippen LogP contribution in [0.15, 0.2) is 60.0 Å². The number of carbonyl (C=O) groups excluding carboxylic acids is 1. The Morgan fingerprint density at radius 2 is 1.91 bits per heavy atom. The van der Waals surface area contributed by atoms with Gasteiger partial charge in [-0.25, -0.2) is 0 Å². The van der Waals surface area contributed by atoms with E-state index in [1.165, 1.54) is 17.3 Å². The van der Waals surface area contributed by atoms with Crippen LogP contribution in [0, 0.1) is 6.92 Å². The molecule has 1 fully saturated rings. The van der Waals surface area contributed by atoms with Gasteiger partial charge in [0.05, 0.1) is 11.9 Å². The molecular formula is C25H31N5O2S. The molecule has 0 bridgehead atoms. The lowest BCUT2D eigenvalue weighted by atomic mass is 10.1. The molecule has 4 rings (SSSR count). The number of hydrogen-bond donors (Lipinski definition) is 0. The Labute approximate surface area is 199 Å². The van der Waals surface area contributed by atoms with E-state index in [0.717, 1.165) is 36.4 Å². The predicted molar refractivity (Wildman–Crippen MR) is 132 cm³/mol. The van der Waals surface area contributed by atoms with Crippen LogP contribution in [0.2, 0.25) is 0 Å². The molecule has 0 aliphatic carbocycles. The first-order chi connectivity index (χ1) is 16.0. The third-order valence-electron chi connectivity index (χ3n) is 5.78. The maximum atomic E-state index is 13.3. The summed E-state index contributed by atoms with van der Waals surface area (Å²) in [5, 5.41) is 9.00. The third kappa shape index (κ3) is 6.15. The van der Waals surface area contributed by atoms with Crippen LogP contribution in [-0.4, -0.2) is 64.7 Å². The molecule has 1 aliphatic heterocycles. The van der Waals surface area contributed by atoms with Crippen molar-refractivity contribution in [2.75, 3.05) is 37.9 Å². The average molecular weight is 466 g/mol. The van der Waals surface area contributed by atoms with Crippen molar-refractivity contribution in [1.29, 1.82) is 0 Å². The van der Waals surface area contributed by atoms with Gasteiger partial charge in [-0.3, -0.25) is 9.36 Å². The van der Waals surface area contributed by atoms with Crippen molar-refractivity contribution in [2.24, 2.45) is 0 Å². The first kappa shape index (κ1) is 23.3. The summed E-state index contributed by atoms with van der Waals surface area (Å²) in [4.78, 5) is 17.3. The van der Waals surface area contributed by atoms with Crippen LogP contribution in [-0.2, 0) is 16.1 Å². The Hall–Kier alpha value is -2.84. The lowest BCUT2D eigenvalue weighted by Crippen LogP contribution is -2.38. The van der Waals surface area contributed by atoms with Crippen LogP contribution in [0.1, 0.15) is 24.0 Å². The lowest BCUT2D eigenvalue weighted by Gasteiger charge is -2.26. The van der Waals surface area contributed by atoms with Crippen molar-refractivity contribution >= 4 is 23.4 Å². The Morgan fingerprint density at radius 3 is 2.58 bits per heavy atom. The number of aromatic nitrogens is 3. The van der Waals surface area contributed by atoms with Gasteiger partial charge in [-0.2, -0.15) is 0 Å². The summed E-state index contributed by atoms with van der Waals surface area (Å²) >= 11 is 1.41. The topological polar surface area (TPSA) is 63.5 Å². The molecule has 0 N–H and O–H groups in total. The zero-order valence-corrected chi connectivity index (χ0v) is 20.3. The minimum absolute atomic E-state index is 0.0747. The van der Waals surface area contributed by atoms with Crippen molar-refractivity contribution in [3.63, 3.8) is 0 Å². The van der Waals surface area contributed by atoms with E-state index in [0.29, 0.717) is 24.0 Å². The molecule has 33 heavy (non-hydrogen) atoms. The standard InChI is InChI=1S/C25H31N5O2S/c1-19-6-10-22(11-7-19)30-18-26-27-25(30)33-17-24(31)29(16-23-5-4-14-32-23)15-20-8-12-21(13-9-20)28(2)3/h6-13,18,23H,4-5,14-17H2,1-3H3. The van der Waals surface area contributed by atoms with Gasteiger partial charge in [0.15, 0.2) is 5.16 Å². The molecule has 2 aromatic carbocycles. The number of amides is 1. The van der Waals surface area contributed by atoms with E-state index in [9.17, 15) is 4.79 Å². The zero-order valence-electron chi connectivity index (χ0n) is 19.5. The first-order valence-corrected chi connectivity index (χ1v) is 12.2. The third-order valence-corrected chi connectivity index (χ3v) is 6.71. The molecular weight excluding hydrogens is 434 g/mol. The molecule has 174 valence electrons. The van der Waals surface area contributed by atoms with Crippen LogP contribution in [0.4, 0.5) is 5.69 Å². The van der Waals surface area contributed by atoms with Gasteiger partial charge in [0, 0.05) is 45.2 Å². The summed E-state index contributed by atoms with van der Waals surface area (Å²) in [5.41, 5.74) is 4.43. The van der Waals surface area contributed by atoms with Crippen molar-refractivity contribution in [3.8, 4) is 5.69 Å². The summed E-state index contributed by atoms with van der Waals surface area (Å²) in [5.74, 6) is 0.373. The van der Waals surface area contributed by atoms with E-state index < -0.39 is 0 Å². The van der Waals surface area contributed by atoms with E-state index in [2.05, 4.69) is 58.4 Å². The molecule has 1 aliphatic rings. The Kier molecular flexibility index (Phi) is 7.67. The van der Waals surface area contributed by atoms with Gasteiger partial charge < -0.3 is 14.5 Å². The fourth-order valence-electron chi connectivity index (χ4n) is 3.83. The van der Waals surface area contributed by atoms with Crippen LogP contribution >= 0.6 is 11.8 Å². The van der Waals surface area contributed by atoms with E-state index in [1.54, 1.807) is 6.33 Å². The Balaban J connectivity index is 1.44. The number of aryl methyl sites for hydroxylation is 1. The van der Waals surface area contributed by atoms with Gasteiger partial charge in [0.25, 0.3) is 0 Å². The number of ether oxygens (including phenoxy) is 1. The highest BCUT2D eigenvalue weighted by Crippen LogP contribution is 2.22. The Bertz CT molecular complexity index is 1040. The molecule has 0 saturated carbocycles. The summed E-state index contributed by atoms with van der Waals surface area (Å²) in [6.07, 6.45) is 3.85. The first-order valence-electron chi connectivity index (χ1n) is 11.2. The summed E-state index contributed by atoms with van der Waals surface area (Å²) in [7, 11) is 4.05. The number of thioether (sulfide) groups is 1. The van der Waals surface area contributed by atoms with Gasteiger partial charge in [-0.1, -0.05) is 41.6 Å². The van der Waals surface area contributed by atoms with Crippen molar-refractivity contribution in [2.45, 2.75) is 37.6 Å². The second kappa shape index (κ2) is 10.9. The summed E-state index contributed by atoms with van der Waals surface area (Å²) < 4.78 is 7.74. The van der Waals surface area contributed by atoms with Crippen LogP contribution < -0.4 is 4.90 Å². The van der Waals surface area contributed by atoms with Gasteiger partial charge in [-0.15, -0.1) is 10.2 Å². The fourth-order valence-corrected chi connectivity index (χ4v) is 4.66. The molecule has 8 heteroatoms. The van der Waals surface area contributed by atoms with E-state index in [1.807, 2.05) is 35.7 Å². The van der Waals surface area contributed by atoms with E-state index in [4.69, 9.17) is 4.74 Å². The van der Waals surface area contributed by atoms with Gasteiger partial charge in [0.1, 0.15) is 6.33 Å². The number of benzene rings is 2. The normalized spacial score (nSPS) is 15.5. The molecule has 7 nitrogen and oxygen atoms in total. The number of carbonyl (C=O) groups is 1. The second-order valence-electron chi connectivity index (χ2n) is 8.58. The highest BCUT2D eigenvalue weighted by Gasteiger charge is 2.23. The van der Waals surface area contributed by atoms with Crippen LogP contribution in [0.3, 0.4) is 0 Å². The van der Waals surface area contributed by atoms with Gasteiger partial charge in [-0.05, 0) is 49.6 Å². The summed E-state index contributed by atoms with van der Waals surface area (Å²) in [6.45, 7) is 4.01. The van der Waals surface area contributed by atoms with Crippen molar-refractivity contribution in [1.82, 2.24) is 19.7 Å². The molecule has 2 heterocycles. The molecule has 1 amide bonds. The fraction of sp³-hybridized carbons (Fsp3) is 0.400. The Morgan fingerprint density at radius 1 is 1.15 bits per heavy atom. The van der Waals surface area contributed by atoms with Crippen molar-refractivity contribution in [3.05, 3.63) is 66.0 Å². The summed E-state index contributed by atoms with van der Waals surface area (Å²) in [6, 6.07) is 16.5. The maximum absolute atomic E-state index is 13.3. The van der Waals surface area contributed by atoms with Gasteiger partial charge in [0.2, 0.25) is 5.91 Å². The monoisotopic (exact) mass is 465 g/mol. The molecule has 0 spiro atoms. The number of rotatable bonds is 9. The molecule has 1 aromatic heterocycles. The molecule has 0 radical (unpaired) electrons. The average Bonchev–Trinajstić information content (AvgIpc) is 3.50. The van der Waals surface area contributed by atoms with Crippen LogP contribution in [0.5, 0.6) is 0 Å². The molecule has 3 aromatic rings. The maximum Gasteiger partial charge on any atom is 0.233 e. The second-order valence-corrected chi connectivity index (χ2v) is 9.52. The lowest BCUT2D eigenvalue weighted by molar-refractivity contribution is -0.130. The molecule has 1 saturated heterocycles. The largest absolute Gasteiger partial charge is 0.378 e. The molecule has 1 unspecified atom stereocenters. The highest BCUT2D eigenvalue weighted by molar-refractivity contribution is 7.99. The van der Waals surface area contributed by atoms with Gasteiger partial charge >= 0.3 is 0 Å². The minimum Gasteiger partial charge on any atom is -0.378 e. The van der Waals surface area contributed by atoms with Crippen LogP contribution in [0.25, 0.3) is 5.69 Å². The number of anilines is 1. The predicted octanol–water partition coefficient (Wildman–Crippen LogP) is 3.94. The number of hydrogen-bond acceptors (Lipinski definition) is 6. The SMILES string of the molecule is Cc1ccc(-n2cnnc2SCC(=O)N(Cc2ccc(N(C)C)cc2)CC2CCCO2)cc1. The molecule has 1 atom stereocenters. The van der Waals surface area contributed by atoms with E-state index in [-0.39, 0.29) is 12.0 Å². The highest BCUT2D eigenvalue weighted by atomic mass is 32.2. The quantitative estimate of drug-likeness (QED) is 0.446. The van der Waals surface area contributed by atoms with E-state index >= 15 is 0 Å². The minimum atomic E-state index is 0.0747. The smallest absolute Gasteiger partial charge is 0.233 e. The van der Waals surface area contributed by atoms with Crippen molar-refractivity contribution < 1.29 is 9.53 Å². The zero-order chi connectivity index (χ0) is 23.2. The number of nitrogens with zero attached hydrogens (tertiary/aromatic N) is 5.